The zero-order chi connectivity index (χ0) is 17.1. The molecule has 0 bridgehead atoms. The molecule has 0 amide bonds. The molecule has 0 saturated carbocycles. The SMILES string of the molecule is CCCCCC/C=C(\C(Cl)c1ccccc1)[Si](CC)(CC)CC. The van der Waals surface area contributed by atoms with Crippen molar-refractivity contribution in [3.63, 3.8) is 0 Å². The summed E-state index contributed by atoms with van der Waals surface area (Å²) in [6.45, 7) is 9.39. The summed E-state index contributed by atoms with van der Waals surface area (Å²) in [5.41, 5.74) is 1.26. The lowest BCUT2D eigenvalue weighted by molar-refractivity contribution is 0.673. The fourth-order valence-electron chi connectivity index (χ4n) is 3.58. The van der Waals surface area contributed by atoms with Gasteiger partial charge in [-0.05, 0) is 18.4 Å². The van der Waals surface area contributed by atoms with E-state index in [4.69, 9.17) is 11.6 Å². The molecule has 0 spiro atoms. The van der Waals surface area contributed by atoms with Gasteiger partial charge in [-0.1, -0.05) is 107 Å². The fourth-order valence-corrected chi connectivity index (χ4v) is 8.52. The van der Waals surface area contributed by atoms with Gasteiger partial charge in [-0.15, -0.1) is 11.6 Å². The first-order chi connectivity index (χ1) is 11.1. The Balaban J connectivity index is 3.02. The molecular formula is C21H35ClSi. The molecule has 0 fully saturated rings. The van der Waals surface area contributed by atoms with E-state index >= 15 is 0 Å². The van der Waals surface area contributed by atoms with Crippen LogP contribution in [0.5, 0.6) is 0 Å². The van der Waals surface area contributed by atoms with E-state index in [-0.39, 0.29) is 5.38 Å². The Bertz CT molecular complexity index is 440. The van der Waals surface area contributed by atoms with Gasteiger partial charge in [0, 0.05) is 0 Å². The quantitative estimate of drug-likeness (QED) is 0.216. The highest BCUT2D eigenvalue weighted by atomic mass is 35.5. The first kappa shape index (κ1) is 20.5. The molecule has 1 unspecified atom stereocenters. The number of rotatable bonds is 11. The molecule has 0 N–H and O–H groups in total. The van der Waals surface area contributed by atoms with Crippen LogP contribution in [0.1, 0.15) is 70.7 Å². The molecule has 0 saturated heterocycles. The lowest BCUT2D eigenvalue weighted by Crippen LogP contribution is -2.36. The topological polar surface area (TPSA) is 0 Å². The van der Waals surface area contributed by atoms with Crippen LogP contribution in [0.3, 0.4) is 0 Å². The van der Waals surface area contributed by atoms with E-state index in [1.807, 2.05) is 0 Å². The van der Waals surface area contributed by atoms with Crippen molar-refractivity contribution in [2.45, 2.75) is 83.3 Å². The van der Waals surface area contributed by atoms with Crippen LogP contribution in [-0.2, 0) is 0 Å². The summed E-state index contributed by atoms with van der Waals surface area (Å²) in [5.74, 6) is 0. The number of allylic oxidation sites excluding steroid dienone is 2. The maximum absolute atomic E-state index is 7.00. The number of alkyl halides is 1. The van der Waals surface area contributed by atoms with Gasteiger partial charge in [0.05, 0.1) is 13.5 Å². The van der Waals surface area contributed by atoms with Crippen molar-refractivity contribution in [1.82, 2.24) is 0 Å². The molecule has 0 radical (unpaired) electrons. The molecule has 0 aliphatic carbocycles. The van der Waals surface area contributed by atoms with Crippen molar-refractivity contribution >= 4 is 19.7 Å². The lowest BCUT2D eigenvalue weighted by atomic mass is 10.1. The smallest absolute Gasteiger partial charge is 0.0827 e. The summed E-state index contributed by atoms with van der Waals surface area (Å²) >= 11 is 7.00. The summed E-state index contributed by atoms with van der Waals surface area (Å²) < 4.78 is 0. The Morgan fingerprint density at radius 3 is 2.09 bits per heavy atom. The number of hydrogen-bond donors (Lipinski definition) is 0. The van der Waals surface area contributed by atoms with E-state index in [9.17, 15) is 0 Å². The van der Waals surface area contributed by atoms with E-state index in [1.54, 1.807) is 5.20 Å². The van der Waals surface area contributed by atoms with Gasteiger partial charge in [-0.3, -0.25) is 0 Å². The van der Waals surface area contributed by atoms with Crippen molar-refractivity contribution in [2.75, 3.05) is 0 Å². The summed E-state index contributed by atoms with van der Waals surface area (Å²) in [5, 5.41) is 1.66. The van der Waals surface area contributed by atoms with Gasteiger partial charge >= 0.3 is 0 Å². The molecule has 0 nitrogen and oxygen atoms in total. The Hall–Kier alpha value is -0.533. The highest BCUT2D eigenvalue weighted by Crippen LogP contribution is 2.40. The summed E-state index contributed by atoms with van der Waals surface area (Å²) in [7, 11) is -1.43. The largest absolute Gasteiger partial charge is 0.113 e. The molecule has 1 aromatic carbocycles. The van der Waals surface area contributed by atoms with Crippen LogP contribution in [-0.4, -0.2) is 8.07 Å². The standard InChI is InChI=1S/C21H35ClSi/c1-5-9-10-11-15-18-20(23(6-2,7-3)8-4)21(22)19-16-13-12-14-17-19/h12-14,16-18,21H,5-11,15H2,1-4H3/b20-18+. The van der Waals surface area contributed by atoms with Gasteiger partial charge in [0.15, 0.2) is 0 Å². The van der Waals surface area contributed by atoms with E-state index in [2.05, 4.69) is 64.1 Å². The molecule has 130 valence electrons. The molecule has 1 aromatic rings. The molecule has 0 aliphatic rings. The van der Waals surface area contributed by atoms with Crippen molar-refractivity contribution in [3.05, 3.63) is 47.2 Å². The first-order valence-electron chi connectivity index (χ1n) is 9.54. The van der Waals surface area contributed by atoms with E-state index < -0.39 is 8.07 Å². The van der Waals surface area contributed by atoms with E-state index in [1.165, 1.54) is 55.8 Å². The Labute approximate surface area is 150 Å². The number of unbranched alkanes of at least 4 members (excludes halogenated alkanes) is 4. The first-order valence-corrected chi connectivity index (χ1v) is 12.6. The summed E-state index contributed by atoms with van der Waals surface area (Å²) in [6.07, 6.45) is 9.03. The predicted octanol–water partition coefficient (Wildman–Crippen LogP) is 7.91. The van der Waals surface area contributed by atoms with Crippen molar-refractivity contribution in [1.29, 1.82) is 0 Å². The van der Waals surface area contributed by atoms with Crippen LogP contribution in [0.2, 0.25) is 18.1 Å². The highest BCUT2D eigenvalue weighted by Gasteiger charge is 2.35. The van der Waals surface area contributed by atoms with Gasteiger partial charge in [-0.2, -0.15) is 0 Å². The monoisotopic (exact) mass is 350 g/mol. The van der Waals surface area contributed by atoms with Crippen LogP contribution in [0.25, 0.3) is 0 Å². The lowest BCUT2D eigenvalue weighted by Gasteiger charge is -2.34. The van der Waals surface area contributed by atoms with Crippen molar-refractivity contribution in [3.8, 4) is 0 Å². The number of halogens is 1. The van der Waals surface area contributed by atoms with Crippen LogP contribution in [0.4, 0.5) is 0 Å². The van der Waals surface area contributed by atoms with Gasteiger partial charge in [0.1, 0.15) is 0 Å². The van der Waals surface area contributed by atoms with Crippen molar-refractivity contribution in [2.24, 2.45) is 0 Å². The Morgan fingerprint density at radius 2 is 1.57 bits per heavy atom. The minimum absolute atomic E-state index is 0.0638. The number of benzene rings is 1. The third-order valence-electron chi connectivity index (χ3n) is 5.43. The minimum Gasteiger partial charge on any atom is -0.113 e. The zero-order valence-corrected chi connectivity index (χ0v) is 17.3. The maximum Gasteiger partial charge on any atom is 0.0827 e. The normalized spacial score (nSPS) is 14.0. The van der Waals surface area contributed by atoms with Gasteiger partial charge in [0.25, 0.3) is 0 Å². The third-order valence-corrected chi connectivity index (χ3v) is 11.9. The van der Waals surface area contributed by atoms with Crippen LogP contribution in [0.15, 0.2) is 41.6 Å². The minimum atomic E-state index is -1.43. The zero-order valence-electron chi connectivity index (χ0n) is 15.6. The highest BCUT2D eigenvalue weighted by molar-refractivity contribution is 6.87. The van der Waals surface area contributed by atoms with E-state index in [0.29, 0.717) is 0 Å². The molecule has 2 heteroatoms. The molecule has 0 aromatic heterocycles. The Kier molecular flexibility index (Phi) is 9.90. The molecule has 23 heavy (non-hydrogen) atoms. The number of hydrogen-bond acceptors (Lipinski definition) is 0. The summed E-state index contributed by atoms with van der Waals surface area (Å²) in [4.78, 5) is 0. The van der Waals surface area contributed by atoms with Gasteiger partial charge in [0.2, 0.25) is 0 Å². The molecular weight excluding hydrogens is 316 g/mol. The van der Waals surface area contributed by atoms with Gasteiger partial charge in [-0.25, -0.2) is 0 Å². The van der Waals surface area contributed by atoms with Crippen LogP contribution < -0.4 is 0 Å². The van der Waals surface area contributed by atoms with E-state index in [0.717, 1.165) is 0 Å². The van der Waals surface area contributed by atoms with Crippen LogP contribution in [0, 0.1) is 0 Å². The predicted molar refractivity (Wildman–Crippen MR) is 109 cm³/mol. The van der Waals surface area contributed by atoms with Crippen LogP contribution >= 0.6 is 11.6 Å². The molecule has 0 heterocycles. The second-order valence-corrected chi connectivity index (χ2v) is 12.3. The van der Waals surface area contributed by atoms with Crippen molar-refractivity contribution < 1.29 is 0 Å². The molecule has 1 rings (SSSR count). The second-order valence-electron chi connectivity index (χ2n) is 6.62. The Morgan fingerprint density at radius 1 is 0.957 bits per heavy atom. The summed E-state index contributed by atoms with van der Waals surface area (Å²) in [6, 6.07) is 14.6. The second kappa shape index (κ2) is 11.1. The average molecular weight is 351 g/mol. The fraction of sp³-hybridized carbons (Fsp3) is 0.619. The maximum atomic E-state index is 7.00. The molecule has 1 atom stereocenters. The third kappa shape index (κ3) is 5.80. The van der Waals surface area contributed by atoms with Gasteiger partial charge < -0.3 is 0 Å². The average Bonchev–Trinajstić information content (AvgIpc) is 2.61. The molecule has 0 aliphatic heterocycles.